The zero-order chi connectivity index (χ0) is 15.5. The second kappa shape index (κ2) is 6.05. The van der Waals surface area contributed by atoms with Crippen LogP contribution in [0.2, 0.25) is 0 Å². The molecular weight excluding hydrogens is 266 g/mol. The number of carbonyl (C=O) groups is 1. The molecule has 112 valence electrons. The average Bonchev–Trinajstić information content (AvgIpc) is 3.00. The normalized spacial score (nSPS) is 11.4. The number of pyridine rings is 1. The minimum atomic E-state index is -0.121. The van der Waals surface area contributed by atoms with E-state index in [4.69, 9.17) is 5.73 Å². The summed E-state index contributed by atoms with van der Waals surface area (Å²) in [5.74, 6) is 0.503. The summed E-state index contributed by atoms with van der Waals surface area (Å²) in [7, 11) is 1.77. The van der Waals surface area contributed by atoms with Crippen LogP contribution in [0.5, 0.6) is 0 Å². The van der Waals surface area contributed by atoms with Crippen molar-refractivity contribution in [3.8, 4) is 5.82 Å². The highest BCUT2D eigenvalue weighted by Gasteiger charge is 2.22. The van der Waals surface area contributed by atoms with E-state index in [0.29, 0.717) is 24.6 Å². The molecule has 0 bridgehead atoms. The maximum Gasteiger partial charge on any atom is 0.272 e. The summed E-state index contributed by atoms with van der Waals surface area (Å²) < 4.78 is 1.63. The minimum Gasteiger partial charge on any atom is -0.340 e. The average molecular weight is 287 g/mol. The molecule has 0 aliphatic heterocycles. The molecule has 0 saturated carbocycles. The molecule has 0 radical (unpaired) electrons. The van der Waals surface area contributed by atoms with Crippen molar-refractivity contribution in [1.82, 2.24) is 19.7 Å². The molecule has 0 aromatic carbocycles. The highest BCUT2D eigenvalue weighted by atomic mass is 16.2. The van der Waals surface area contributed by atoms with Gasteiger partial charge in [0.25, 0.3) is 5.91 Å². The Morgan fingerprint density at radius 1 is 1.38 bits per heavy atom. The Balaban J connectivity index is 2.18. The van der Waals surface area contributed by atoms with E-state index >= 15 is 0 Å². The molecule has 0 fully saturated rings. The monoisotopic (exact) mass is 287 g/mol. The lowest BCUT2D eigenvalue weighted by Crippen LogP contribution is -2.40. The van der Waals surface area contributed by atoms with E-state index < -0.39 is 0 Å². The molecule has 6 heteroatoms. The number of aromatic nitrogens is 3. The van der Waals surface area contributed by atoms with E-state index in [-0.39, 0.29) is 11.3 Å². The van der Waals surface area contributed by atoms with Crippen LogP contribution in [0, 0.1) is 5.41 Å². The van der Waals surface area contributed by atoms with E-state index in [9.17, 15) is 4.79 Å². The lowest BCUT2D eigenvalue weighted by Gasteiger charge is -2.28. The second-order valence-electron chi connectivity index (χ2n) is 5.86. The van der Waals surface area contributed by atoms with Crippen LogP contribution in [0.1, 0.15) is 24.3 Å². The molecule has 2 aromatic rings. The van der Waals surface area contributed by atoms with Gasteiger partial charge in [-0.25, -0.2) is 9.67 Å². The van der Waals surface area contributed by atoms with E-state index in [1.54, 1.807) is 41.2 Å². The smallest absolute Gasteiger partial charge is 0.272 e. The Morgan fingerprint density at radius 3 is 2.76 bits per heavy atom. The fourth-order valence-corrected chi connectivity index (χ4v) is 2.05. The zero-order valence-electron chi connectivity index (χ0n) is 12.7. The van der Waals surface area contributed by atoms with Crippen LogP contribution in [0.4, 0.5) is 0 Å². The van der Waals surface area contributed by atoms with Gasteiger partial charge in [-0.1, -0.05) is 19.9 Å². The Bertz CT molecular complexity index is 606. The molecule has 0 spiro atoms. The van der Waals surface area contributed by atoms with Crippen molar-refractivity contribution < 1.29 is 4.79 Å². The van der Waals surface area contributed by atoms with Crippen LogP contribution < -0.4 is 5.73 Å². The predicted molar refractivity (Wildman–Crippen MR) is 81.2 cm³/mol. The number of carbonyl (C=O) groups excluding carboxylic acids is 1. The van der Waals surface area contributed by atoms with Crippen molar-refractivity contribution in [2.75, 3.05) is 20.1 Å². The molecule has 1 amide bonds. The molecule has 6 nitrogen and oxygen atoms in total. The van der Waals surface area contributed by atoms with Gasteiger partial charge in [-0.05, 0) is 30.2 Å². The van der Waals surface area contributed by atoms with Gasteiger partial charge in [-0.15, -0.1) is 0 Å². The number of amides is 1. The maximum absolute atomic E-state index is 12.5. The highest BCUT2D eigenvalue weighted by Crippen LogP contribution is 2.15. The summed E-state index contributed by atoms with van der Waals surface area (Å²) in [6, 6.07) is 7.14. The Labute approximate surface area is 124 Å². The van der Waals surface area contributed by atoms with Crippen molar-refractivity contribution in [3.05, 3.63) is 42.4 Å². The quantitative estimate of drug-likeness (QED) is 0.900. The van der Waals surface area contributed by atoms with Crippen molar-refractivity contribution in [3.63, 3.8) is 0 Å². The van der Waals surface area contributed by atoms with Crippen LogP contribution in [-0.2, 0) is 0 Å². The van der Waals surface area contributed by atoms with Gasteiger partial charge in [0, 0.05) is 26.0 Å². The third-order valence-corrected chi connectivity index (χ3v) is 3.26. The number of hydrogen-bond donors (Lipinski definition) is 1. The van der Waals surface area contributed by atoms with Crippen LogP contribution in [-0.4, -0.2) is 45.7 Å². The van der Waals surface area contributed by atoms with E-state index in [1.807, 2.05) is 26.0 Å². The summed E-state index contributed by atoms with van der Waals surface area (Å²) in [4.78, 5) is 18.5. The third kappa shape index (κ3) is 3.66. The van der Waals surface area contributed by atoms with Crippen molar-refractivity contribution in [1.29, 1.82) is 0 Å². The first kappa shape index (κ1) is 15.2. The predicted octanol–water partition coefficient (Wildman–Crippen LogP) is 1.32. The molecule has 21 heavy (non-hydrogen) atoms. The summed E-state index contributed by atoms with van der Waals surface area (Å²) in [5.41, 5.74) is 6.00. The molecule has 2 rings (SSSR count). The Hall–Kier alpha value is -2.21. The molecule has 0 atom stereocenters. The largest absolute Gasteiger partial charge is 0.340 e. The fraction of sp³-hybridized carbons (Fsp3) is 0.400. The van der Waals surface area contributed by atoms with E-state index in [2.05, 4.69) is 10.1 Å². The maximum atomic E-state index is 12.5. The minimum absolute atomic E-state index is 0.120. The first-order valence-corrected chi connectivity index (χ1v) is 6.85. The number of nitrogens with zero attached hydrogens (tertiary/aromatic N) is 4. The molecule has 0 aliphatic rings. The van der Waals surface area contributed by atoms with E-state index in [1.165, 1.54) is 0 Å². The lowest BCUT2D eigenvalue weighted by atomic mass is 9.93. The van der Waals surface area contributed by atoms with Crippen LogP contribution in [0.15, 0.2) is 36.7 Å². The molecular formula is C15H21N5O. The Kier molecular flexibility index (Phi) is 4.37. The number of rotatable bonds is 5. The highest BCUT2D eigenvalue weighted by molar-refractivity contribution is 5.92. The van der Waals surface area contributed by atoms with Gasteiger partial charge in [0.05, 0.1) is 0 Å². The van der Waals surface area contributed by atoms with Crippen LogP contribution in [0.25, 0.3) is 5.82 Å². The number of nitrogens with two attached hydrogens (primary N) is 1. The molecule has 2 heterocycles. The summed E-state index contributed by atoms with van der Waals surface area (Å²) in [6.45, 7) is 5.16. The summed E-state index contributed by atoms with van der Waals surface area (Å²) in [6.07, 6.45) is 3.46. The standard InChI is InChI=1S/C15H21N5O/c1-15(2,10-16)11-19(3)14(21)12-6-4-7-13(18-12)20-9-5-8-17-20/h4-9H,10-11,16H2,1-3H3. The van der Waals surface area contributed by atoms with Gasteiger partial charge >= 0.3 is 0 Å². The van der Waals surface area contributed by atoms with Crippen LogP contribution >= 0.6 is 0 Å². The lowest BCUT2D eigenvalue weighted by molar-refractivity contribution is 0.0734. The van der Waals surface area contributed by atoms with Crippen LogP contribution in [0.3, 0.4) is 0 Å². The topological polar surface area (TPSA) is 77.0 Å². The van der Waals surface area contributed by atoms with Gasteiger partial charge in [0.1, 0.15) is 5.69 Å². The Morgan fingerprint density at radius 2 is 2.14 bits per heavy atom. The van der Waals surface area contributed by atoms with Gasteiger partial charge in [0.2, 0.25) is 0 Å². The molecule has 0 saturated heterocycles. The zero-order valence-corrected chi connectivity index (χ0v) is 12.7. The second-order valence-corrected chi connectivity index (χ2v) is 5.86. The third-order valence-electron chi connectivity index (χ3n) is 3.26. The van der Waals surface area contributed by atoms with Gasteiger partial charge in [-0.3, -0.25) is 4.79 Å². The molecule has 2 N–H and O–H groups in total. The fourth-order valence-electron chi connectivity index (χ4n) is 2.05. The van der Waals surface area contributed by atoms with E-state index in [0.717, 1.165) is 0 Å². The van der Waals surface area contributed by atoms with Crippen molar-refractivity contribution >= 4 is 5.91 Å². The molecule has 0 unspecified atom stereocenters. The number of hydrogen-bond acceptors (Lipinski definition) is 4. The summed E-state index contributed by atoms with van der Waals surface area (Å²) >= 11 is 0. The summed E-state index contributed by atoms with van der Waals surface area (Å²) in [5, 5.41) is 4.12. The first-order valence-electron chi connectivity index (χ1n) is 6.85. The van der Waals surface area contributed by atoms with Gasteiger partial charge in [0.15, 0.2) is 5.82 Å². The molecule has 2 aromatic heterocycles. The van der Waals surface area contributed by atoms with Gasteiger partial charge in [-0.2, -0.15) is 5.10 Å². The van der Waals surface area contributed by atoms with Crippen molar-refractivity contribution in [2.45, 2.75) is 13.8 Å². The van der Waals surface area contributed by atoms with Crippen molar-refractivity contribution in [2.24, 2.45) is 11.1 Å². The first-order chi connectivity index (χ1) is 9.93. The van der Waals surface area contributed by atoms with Gasteiger partial charge < -0.3 is 10.6 Å². The SMILES string of the molecule is CN(CC(C)(C)CN)C(=O)c1cccc(-n2cccn2)n1. The molecule has 0 aliphatic carbocycles.